The molecule has 1 fully saturated rings. The lowest BCUT2D eigenvalue weighted by molar-refractivity contribution is -0.137. The molecule has 1 saturated heterocycles. The minimum absolute atomic E-state index is 0.0155. The zero-order chi connectivity index (χ0) is 25.1. The Kier molecular flexibility index (Phi) is 7.36. The number of methoxy groups -OCH3 is 2. The highest BCUT2D eigenvalue weighted by Crippen LogP contribution is 2.40. The molecule has 2 atom stereocenters. The van der Waals surface area contributed by atoms with Gasteiger partial charge in [0.15, 0.2) is 11.5 Å². The van der Waals surface area contributed by atoms with Gasteiger partial charge >= 0.3 is 0 Å². The van der Waals surface area contributed by atoms with Crippen LogP contribution in [0.4, 0.5) is 0 Å². The van der Waals surface area contributed by atoms with Crippen molar-refractivity contribution >= 4 is 22.4 Å². The molecule has 1 aromatic heterocycles. The van der Waals surface area contributed by atoms with Crippen LogP contribution in [0.3, 0.4) is 0 Å². The largest absolute Gasteiger partial charge is 0.493 e. The molecule has 1 aliphatic heterocycles. The number of carbonyl (C=O) groups excluding carboxylic acids is 1. The highest BCUT2D eigenvalue weighted by Gasteiger charge is 2.25. The average molecular weight is 480 g/mol. The molecular formula is C28H33NO6. The molecule has 0 aliphatic carbocycles. The molecule has 35 heavy (non-hydrogen) atoms. The minimum Gasteiger partial charge on any atom is -0.493 e. The normalized spacial score (nSPS) is 18.6. The lowest BCUT2D eigenvalue weighted by Crippen LogP contribution is -2.47. The van der Waals surface area contributed by atoms with Crippen molar-refractivity contribution in [3.8, 4) is 28.4 Å². The molecule has 0 spiro atoms. The van der Waals surface area contributed by atoms with Gasteiger partial charge in [-0.05, 0) is 57.0 Å². The number of hydrogen-bond acceptors (Lipinski definition) is 6. The number of ether oxygens (including phenoxy) is 4. The summed E-state index contributed by atoms with van der Waals surface area (Å²) in [6.07, 6.45) is 3.44. The number of carbonyl (C=O) groups is 1. The quantitative estimate of drug-likeness (QED) is 0.414. The molecule has 2 heterocycles. The van der Waals surface area contributed by atoms with E-state index < -0.39 is 0 Å². The molecule has 7 heteroatoms. The average Bonchev–Trinajstić information content (AvgIpc) is 3.25. The van der Waals surface area contributed by atoms with Crippen molar-refractivity contribution in [3.05, 3.63) is 48.2 Å². The lowest BCUT2D eigenvalue weighted by Gasteiger charge is -2.34. The predicted octanol–water partition coefficient (Wildman–Crippen LogP) is 5.55. The Morgan fingerprint density at radius 3 is 2.43 bits per heavy atom. The second-order valence-electron chi connectivity index (χ2n) is 8.82. The summed E-state index contributed by atoms with van der Waals surface area (Å²) in [6, 6.07) is 9.68. The topological polar surface area (TPSA) is 70.4 Å². The van der Waals surface area contributed by atoms with Crippen LogP contribution in [0.2, 0.25) is 0 Å². The number of allylic oxidation sites excluding steroid dienone is 1. The van der Waals surface area contributed by atoms with E-state index in [4.69, 9.17) is 23.4 Å². The van der Waals surface area contributed by atoms with Crippen LogP contribution in [0.1, 0.15) is 33.3 Å². The Bertz CT molecular complexity index is 1230. The summed E-state index contributed by atoms with van der Waals surface area (Å²) in [5.41, 5.74) is 4.24. The highest BCUT2D eigenvalue weighted by atomic mass is 16.5. The summed E-state index contributed by atoms with van der Waals surface area (Å²) in [5, 5.41) is 0.921. The number of rotatable bonds is 7. The van der Waals surface area contributed by atoms with Gasteiger partial charge in [0.1, 0.15) is 11.3 Å². The monoisotopic (exact) mass is 479 g/mol. The maximum atomic E-state index is 13.1. The van der Waals surface area contributed by atoms with Crippen molar-refractivity contribution in [1.82, 2.24) is 4.90 Å². The van der Waals surface area contributed by atoms with E-state index in [1.807, 2.05) is 62.9 Å². The summed E-state index contributed by atoms with van der Waals surface area (Å²) in [4.78, 5) is 14.9. The molecule has 0 N–H and O–H groups in total. The van der Waals surface area contributed by atoms with Gasteiger partial charge in [-0.2, -0.15) is 0 Å². The summed E-state index contributed by atoms with van der Waals surface area (Å²) in [6.45, 7) is 9.51. The molecule has 0 radical (unpaired) electrons. The molecule has 0 bridgehead atoms. The third kappa shape index (κ3) is 5.15. The van der Waals surface area contributed by atoms with Crippen LogP contribution in [0, 0.1) is 0 Å². The van der Waals surface area contributed by atoms with Crippen LogP contribution < -0.4 is 14.2 Å². The van der Waals surface area contributed by atoms with Crippen molar-refractivity contribution in [2.75, 3.05) is 33.9 Å². The summed E-state index contributed by atoms with van der Waals surface area (Å²) < 4.78 is 28.4. The fourth-order valence-corrected chi connectivity index (χ4v) is 4.58. The third-order valence-corrected chi connectivity index (χ3v) is 6.17. The first-order valence-corrected chi connectivity index (χ1v) is 11.9. The van der Waals surface area contributed by atoms with Gasteiger partial charge in [0.25, 0.3) is 0 Å². The second kappa shape index (κ2) is 10.4. The highest BCUT2D eigenvalue weighted by molar-refractivity contribution is 6.00. The zero-order valence-electron chi connectivity index (χ0n) is 21.2. The van der Waals surface area contributed by atoms with E-state index in [9.17, 15) is 4.79 Å². The van der Waals surface area contributed by atoms with E-state index in [0.29, 0.717) is 42.5 Å². The molecule has 2 unspecified atom stereocenters. The number of furan rings is 1. The van der Waals surface area contributed by atoms with E-state index in [1.54, 1.807) is 26.6 Å². The predicted molar refractivity (Wildman–Crippen MR) is 136 cm³/mol. The number of benzene rings is 2. The minimum atomic E-state index is -0.0284. The third-order valence-electron chi connectivity index (χ3n) is 6.17. The molecule has 1 aliphatic rings. The van der Waals surface area contributed by atoms with Gasteiger partial charge in [-0.1, -0.05) is 6.07 Å². The summed E-state index contributed by atoms with van der Waals surface area (Å²) in [7, 11) is 3.23. The molecular weight excluding hydrogens is 446 g/mol. The van der Waals surface area contributed by atoms with Crippen LogP contribution in [0.15, 0.2) is 47.1 Å². The van der Waals surface area contributed by atoms with E-state index in [-0.39, 0.29) is 18.1 Å². The van der Waals surface area contributed by atoms with Crippen molar-refractivity contribution in [1.29, 1.82) is 0 Å². The van der Waals surface area contributed by atoms with Crippen LogP contribution in [0.25, 0.3) is 27.7 Å². The van der Waals surface area contributed by atoms with E-state index >= 15 is 0 Å². The summed E-state index contributed by atoms with van der Waals surface area (Å²) >= 11 is 0. The van der Waals surface area contributed by atoms with Gasteiger partial charge in [0.05, 0.1) is 39.3 Å². The van der Waals surface area contributed by atoms with Gasteiger partial charge in [-0.25, -0.2) is 0 Å². The zero-order valence-corrected chi connectivity index (χ0v) is 21.2. The second-order valence-corrected chi connectivity index (χ2v) is 8.82. The van der Waals surface area contributed by atoms with E-state index in [2.05, 4.69) is 0 Å². The van der Waals surface area contributed by atoms with Gasteiger partial charge in [0.2, 0.25) is 5.91 Å². The molecule has 1 amide bonds. The standard InChI is InChI=1S/C28H33NO6/c1-7-33-25-13-26-22(23(16-34-26)20-8-9-24(31-5)27(11-20)32-6)12-21(25)17(2)10-28(30)29-14-18(3)35-19(4)15-29/h8-13,16,18-19H,7,14-15H2,1-6H3/b17-10+. The number of amides is 1. The maximum absolute atomic E-state index is 13.1. The van der Waals surface area contributed by atoms with Crippen LogP contribution in [-0.2, 0) is 9.53 Å². The van der Waals surface area contributed by atoms with Gasteiger partial charge in [0, 0.05) is 41.7 Å². The van der Waals surface area contributed by atoms with Crippen molar-refractivity contribution in [3.63, 3.8) is 0 Å². The Morgan fingerprint density at radius 1 is 1.06 bits per heavy atom. The van der Waals surface area contributed by atoms with Gasteiger partial charge in [-0.15, -0.1) is 0 Å². The Morgan fingerprint density at radius 2 is 1.77 bits per heavy atom. The Hall–Kier alpha value is -3.45. The van der Waals surface area contributed by atoms with E-state index in [1.165, 1.54) is 0 Å². The number of nitrogens with zero attached hydrogens (tertiary/aromatic N) is 1. The van der Waals surface area contributed by atoms with Gasteiger partial charge in [-0.3, -0.25) is 4.79 Å². The fraction of sp³-hybridized carbons (Fsp3) is 0.393. The molecule has 7 nitrogen and oxygen atoms in total. The van der Waals surface area contributed by atoms with Crippen LogP contribution >= 0.6 is 0 Å². The molecule has 186 valence electrons. The Balaban J connectivity index is 1.75. The van der Waals surface area contributed by atoms with Crippen LogP contribution in [-0.4, -0.2) is 56.9 Å². The first kappa shape index (κ1) is 24.7. The first-order valence-electron chi connectivity index (χ1n) is 11.9. The maximum Gasteiger partial charge on any atom is 0.247 e. The van der Waals surface area contributed by atoms with Crippen molar-refractivity contribution in [2.45, 2.75) is 39.9 Å². The molecule has 0 saturated carbocycles. The molecule has 2 aromatic carbocycles. The Labute approximate surface area is 206 Å². The smallest absolute Gasteiger partial charge is 0.247 e. The SMILES string of the molecule is CCOc1cc2occ(-c3ccc(OC)c(OC)c3)c2cc1/C(C)=C/C(=O)N1CC(C)OC(C)C1. The number of hydrogen-bond donors (Lipinski definition) is 0. The number of morpholine rings is 1. The first-order chi connectivity index (χ1) is 16.8. The molecule has 3 aromatic rings. The fourth-order valence-electron chi connectivity index (χ4n) is 4.58. The van der Waals surface area contributed by atoms with Gasteiger partial charge < -0.3 is 28.3 Å². The summed E-state index contributed by atoms with van der Waals surface area (Å²) in [5.74, 6) is 1.95. The number of fused-ring (bicyclic) bond motifs is 1. The molecule has 4 rings (SSSR count). The lowest BCUT2D eigenvalue weighted by atomic mass is 9.99. The van der Waals surface area contributed by atoms with Crippen molar-refractivity contribution in [2.24, 2.45) is 0 Å². The van der Waals surface area contributed by atoms with Crippen molar-refractivity contribution < 1.29 is 28.2 Å². The van der Waals surface area contributed by atoms with Crippen LogP contribution in [0.5, 0.6) is 17.2 Å². The van der Waals surface area contributed by atoms with E-state index in [0.717, 1.165) is 27.6 Å².